The maximum atomic E-state index is 13.7. The van der Waals surface area contributed by atoms with Crippen molar-refractivity contribution in [3.05, 3.63) is 16.1 Å². The van der Waals surface area contributed by atoms with Gasteiger partial charge in [-0.15, -0.1) is 11.3 Å². The molecule has 11 nitrogen and oxygen atoms in total. The van der Waals surface area contributed by atoms with Gasteiger partial charge in [0.15, 0.2) is 11.8 Å². The van der Waals surface area contributed by atoms with E-state index >= 15 is 0 Å². The van der Waals surface area contributed by atoms with Crippen molar-refractivity contribution in [1.82, 2.24) is 20.5 Å². The number of alkyl carbamates (subject to hydrolysis) is 2. The van der Waals surface area contributed by atoms with E-state index in [2.05, 4.69) is 15.6 Å². The number of aromatic nitrogens is 1. The van der Waals surface area contributed by atoms with E-state index in [0.717, 1.165) is 0 Å². The number of rotatable bonds is 12. The van der Waals surface area contributed by atoms with E-state index in [1.165, 1.54) is 18.4 Å². The van der Waals surface area contributed by atoms with E-state index in [4.69, 9.17) is 14.2 Å². The molecule has 1 heterocycles. The van der Waals surface area contributed by atoms with Gasteiger partial charge in [0.25, 0.3) is 0 Å². The summed E-state index contributed by atoms with van der Waals surface area (Å²) in [5.74, 6) is -1.04. The Balaban J connectivity index is 3.26. The summed E-state index contributed by atoms with van der Waals surface area (Å²) < 4.78 is 16.0. The lowest BCUT2D eigenvalue weighted by molar-refractivity contribution is -0.137. The van der Waals surface area contributed by atoms with Crippen LogP contribution in [0, 0.1) is 11.8 Å². The van der Waals surface area contributed by atoms with Crippen LogP contribution in [0.5, 0.6) is 0 Å². The van der Waals surface area contributed by atoms with E-state index in [1.54, 1.807) is 45.0 Å². The van der Waals surface area contributed by atoms with Crippen molar-refractivity contribution in [1.29, 1.82) is 0 Å². The van der Waals surface area contributed by atoms with E-state index in [1.807, 2.05) is 27.7 Å². The van der Waals surface area contributed by atoms with E-state index in [0.29, 0.717) is 11.4 Å². The molecule has 1 aromatic heterocycles. The van der Waals surface area contributed by atoms with Crippen LogP contribution in [0.15, 0.2) is 5.38 Å². The predicted octanol–water partition coefficient (Wildman–Crippen LogP) is 4.53. The zero-order valence-electron chi connectivity index (χ0n) is 24.2. The Morgan fingerprint density at radius 2 is 1.74 bits per heavy atom. The van der Waals surface area contributed by atoms with Crippen LogP contribution in [0.2, 0.25) is 0 Å². The third kappa shape index (κ3) is 10.1. The molecule has 0 saturated carbocycles. The molecule has 216 valence electrons. The van der Waals surface area contributed by atoms with Gasteiger partial charge in [0.1, 0.15) is 16.7 Å². The van der Waals surface area contributed by atoms with Crippen molar-refractivity contribution in [2.45, 2.75) is 92.0 Å². The summed E-state index contributed by atoms with van der Waals surface area (Å²) in [5.41, 5.74) is -0.582. The number of carbonyl (C=O) groups is 4. The largest absolute Gasteiger partial charge is 0.461 e. The van der Waals surface area contributed by atoms with Crippen LogP contribution in [0.4, 0.5) is 9.59 Å². The van der Waals surface area contributed by atoms with Crippen molar-refractivity contribution in [3.63, 3.8) is 0 Å². The molecule has 38 heavy (non-hydrogen) atoms. The molecule has 1 unspecified atom stereocenters. The minimum atomic E-state index is -0.827. The molecule has 3 amide bonds. The van der Waals surface area contributed by atoms with Gasteiger partial charge in [-0.1, -0.05) is 34.1 Å². The van der Waals surface area contributed by atoms with Gasteiger partial charge in [0, 0.05) is 31.9 Å². The van der Waals surface area contributed by atoms with Gasteiger partial charge < -0.3 is 29.7 Å². The van der Waals surface area contributed by atoms with Crippen molar-refractivity contribution in [2.75, 3.05) is 20.7 Å². The van der Waals surface area contributed by atoms with Crippen molar-refractivity contribution < 1.29 is 33.4 Å². The second kappa shape index (κ2) is 14.9. The van der Waals surface area contributed by atoms with Crippen molar-refractivity contribution in [3.8, 4) is 0 Å². The fourth-order valence-corrected chi connectivity index (χ4v) is 4.55. The molecule has 1 aromatic rings. The van der Waals surface area contributed by atoms with Crippen LogP contribution in [-0.4, -0.2) is 72.3 Å². The van der Waals surface area contributed by atoms with Crippen LogP contribution in [0.1, 0.15) is 89.8 Å². The maximum absolute atomic E-state index is 13.7. The Morgan fingerprint density at radius 1 is 1.11 bits per heavy atom. The highest BCUT2D eigenvalue weighted by molar-refractivity contribution is 7.09. The Kier molecular flexibility index (Phi) is 13.0. The minimum absolute atomic E-state index is 0.0386. The quantitative estimate of drug-likeness (QED) is 0.283. The van der Waals surface area contributed by atoms with Crippen LogP contribution >= 0.6 is 11.3 Å². The topological polar surface area (TPSA) is 136 Å². The smallest absolute Gasteiger partial charge is 0.408 e. The monoisotopic (exact) mass is 556 g/mol. The van der Waals surface area contributed by atoms with Gasteiger partial charge in [-0.2, -0.15) is 0 Å². The van der Waals surface area contributed by atoms with Gasteiger partial charge in [-0.05, 0) is 39.5 Å². The average molecular weight is 557 g/mol. The van der Waals surface area contributed by atoms with Crippen LogP contribution in [-0.2, 0) is 19.0 Å². The highest BCUT2D eigenvalue weighted by Gasteiger charge is 2.36. The predicted molar refractivity (Wildman–Crippen MR) is 145 cm³/mol. The third-order valence-corrected chi connectivity index (χ3v) is 6.89. The molecule has 0 fully saturated rings. The number of nitrogens with one attached hydrogen (secondary N) is 2. The number of hydrogen-bond acceptors (Lipinski definition) is 9. The van der Waals surface area contributed by atoms with Crippen molar-refractivity contribution in [2.24, 2.45) is 11.8 Å². The fraction of sp³-hybridized carbons (Fsp3) is 0.731. The van der Waals surface area contributed by atoms with Gasteiger partial charge >= 0.3 is 18.2 Å². The first-order valence-corrected chi connectivity index (χ1v) is 13.8. The average Bonchev–Trinajstić information content (AvgIpc) is 3.32. The molecule has 0 aliphatic carbocycles. The Morgan fingerprint density at radius 3 is 2.24 bits per heavy atom. The highest BCUT2D eigenvalue weighted by atomic mass is 32.1. The summed E-state index contributed by atoms with van der Waals surface area (Å²) in [7, 11) is 3.11. The van der Waals surface area contributed by atoms with Gasteiger partial charge in [-0.3, -0.25) is 4.79 Å². The van der Waals surface area contributed by atoms with Crippen LogP contribution < -0.4 is 10.6 Å². The molecule has 0 aliphatic heterocycles. The first-order chi connectivity index (χ1) is 17.6. The molecule has 1 rings (SSSR count). The maximum Gasteiger partial charge on any atom is 0.408 e. The van der Waals surface area contributed by atoms with E-state index < -0.39 is 35.9 Å². The van der Waals surface area contributed by atoms with Gasteiger partial charge in [0.05, 0.1) is 6.61 Å². The lowest BCUT2D eigenvalue weighted by atomic mass is 9.93. The molecule has 0 saturated heterocycles. The number of ether oxygens (including phenoxy) is 3. The SMILES string of the molecule is CCOC(=O)c1csc([C@@H](C[C@H](C(C)C)N(C)C(=O)[C@@H](NC(=O)OC(C)(C)C)C(C)CC)OC(=O)NC)n1. The Labute approximate surface area is 230 Å². The standard InChI is InChI=1S/C26H44N4O7S/c1-11-16(5)20(29-25(34)37-26(6,7)8)22(31)30(10)18(15(3)4)13-19(36-24(33)27-9)21-28-17(14-38-21)23(32)35-12-2/h14-16,18-20H,11-13H2,1-10H3,(H,27,33)(H,29,34)/t16?,18-,19-,20+/m1/s1. The molecule has 4 atom stereocenters. The molecular formula is C26H44N4O7S. The zero-order valence-corrected chi connectivity index (χ0v) is 25.1. The summed E-state index contributed by atoms with van der Waals surface area (Å²) in [5, 5.41) is 7.14. The molecule has 0 radical (unpaired) electrons. The number of amides is 3. The van der Waals surface area contributed by atoms with Gasteiger partial charge in [-0.25, -0.2) is 19.4 Å². The van der Waals surface area contributed by atoms with Crippen LogP contribution in [0.3, 0.4) is 0 Å². The fourth-order valence-electron chi connectivity index (χ4n) is 3.72. The Bertz CT molecular complexity index is 944. The van der Waals surface area contributed by atoms with E-state index in [9.17, 15) is 19.2 Å². The number of likely N-dealkylation sites (N-methyl/N-ethyl adjacent to an activating group) is 1. The number of carbonyl (C=O) groups excluding carboxylic acids is 4. The summed E-state index contributed by atoms with van der Waals surface area (Å²) >= 11 is 1.17. The summed E-state index contributed by atoms with van der Waals surface area (Å²) in [6, 6.07) is -1.20. The normalized spacial score (nSPS) is 14.6. The number of hydrogen-bond donors (Lipinski definition) is 2. The van der Waals surface area contributed by atoms with Crippen molar-refractivity contribution >= 4 is 35.4 Å². The number of esters is 1. The number of nitrogens with zero attached hydrogens (tertiary/aromatic N) is 2. The second-order valence-electron chi connectivity index (χ2n) is 10.4. The second-order valence-corrected chi connectivity index (χ2v) is 11.3. The summed E-state index contributed by atoms with van der Waals surface area (Å²) in [6.45, 7) is 14.9. The van der Waals surface area contributed by atoms with Crippen LogP contribution in [0.25, 0.3) is 0 Å². The summed E-state index contributed by atoms with van der Waals surface area (Å²) in [4.78, 5) is 56.5. The molecular weight excluding hydrogens is 512 g/mol. The highest BCUT2D eigenvalue weighted by Crippen LogP contribution is 2.31. The lowest BCUT2D eigenvalue weighted by Crippen LogP contribution is -2.55. The molecule has 2 N–H and O–H groups in total. The molecule has 0 bridgehead atoms. The zero-order chi connectivity index (χ0) is 29.2. The molecule has 0 spiro atoms. The first-order valence-electron chi connectivity index (χ1n) is 12.9. The molecule has 0 aromatic carbocycles. The molecule has 0 aliphatic rings. The molecule has 12 heteroatoms. The Hall–Kier alpha value is -2.89. The first kappa shape index (κ1) is 33.1. The summed E-state index contributed by atoms with van der Waals surface area (Å²) in [6.07, 6.45) is -1.27. The number of thiazole rings is 1. The lowest BCUT2D eigenvalue weighted by Gasteiger charge is -2.37. The van der Waals surface area contributed by atoms with Gasteiger partial charge in [0.2, 0.25) is 5.91 Å². The van der Waals surface area contributed by atoms with E-state index in [-0.39, 0.29) is 42.5 Å². The minimum Gasteiger partial charge on any atom is -0.461 e. The third-order valence-electron chi connectivity index (χ3n) is 5.96.